The zero-order valence-corrected chi connectivity index (χ0v) is 25.1. The van der Waals surface area contributed by atoms with Crippen LogP contribution in [-0.4, -0.2) is 54.3 Å². The van der Waals surface area contributed by atoms with Crippen LogP contribution in [0.1, 0.15) is 43.1 Å². The van der Waals surface area contributed by atoms with Crippen LogP contribution in [0.4, 0.5) is 9.18 Å². The van der Waals surface area contributed by atoms with Crippen LogP contribution in [0.15, 0.2) is 77.7 Å². The standard InChI is InChI=1S/C33H36FNO6S/c1-5-39-31(37)33(2,3)41-29-18-12-22(19-28(29)34)11-13-24-20-35(32(38)40-25-9-7-6-8-10-25)21-27(24)30(36)23-14-16-26(42-4)17-15-23/h6-10,12,14-19,24,27H,5,11,13,20-21H2,1-4H3. The summed E-state index contributed by atoms with van der Waals surface area (Å²) in [5.74, 6) is -1.39. The van der Waals surface area contributed by atoms with E-state index < -0.39 is 29.4 Å². The molecule has 1 fully saturated rings. The van der Waals surface area contributed by atoms with E-state index in [2.05, 4.69) is 0 Å². The molecule has 9 heteroatoms. The van der Waals surface area contributed by atoms with Gasteiger partial charge in [-0.2, -0.15) is 0 Å². The molecule has 0 saturated carbocycles. The van der Waals surface area contributed by atoms with Crippen LogP contribution in [0.3, 0.4) is 0 Å². The predicted molar refractivity (Wildman–Crippen MR) is 160 cm³/mol. The molecule has 1 amide bonds. The maximum absolute atomic E-state index is 15.0. The maximum atomic E-state index is 15.0. The van der Waals surface area contributed by atoms with Gasteiger partial charge in [0, 0.05) is 29.5 Å². The minimum absolute atomic E-state index is 0.0289. The van der Waals surface area contributed by atoms with Gasteiger partial charge < -0.3 is 19.1 Å². The van der Waals surface area contributed by atoms with Gasteiger partial charge >= 0.3 is 12.1 Å². The molecule has 0 N–H and O–H groups in total. The number of rotatable bonds is 11. The molecule has 1 heterocycles. The minimum Gasteiger partial charge on any atom is -0.473 e. The van der Waals surface area contributed by atoms with E-state index in [1.807, 2.05) is 36.6 Å². The largest absolute Gasteiger partial charge is 0.473 e. The molecular weight excluding hydrogens is 557 g/mol. The van der Waals surface area contributed by atoms with E-state index in [1.54, 1.807) is 53.9 Å². The molecule has 1 aliphatic rings. The predicted octanol–water partition coefficient (Wildman–Crippen LogP) is 6.83. The third-order valence-electron chi connectivity index (χ3n) is 7.29. The van der Waals surface area contributed by atoms with Gasteiger partial charge in [-0.3, -0.25) is 4.79 Å². The minimum atomic E-state index is -1.35. The molecule has 1 saturated heterocycles. The Kier molecular flexibility index (Phi) is 10.3. The van der Waals surface area contributed by atoms with Crippen molar-refractivity contribution < 1.29 is 33.0 Å². The lowest BCUT2D eigenvalue weighted by Crippen LogP contribution is -2.40. The lowest BCUT2D eigenvalue weighted by atomic mass is 9.85. The Labute approximate surface area is 250 Å². The van der Waals surface area contributed by atoms with E-state index in [0.717, 1.165) is 10.5 Å². The Morgan fingerprint density at radius 3 is 2.36 bits per heavy atom. The average Bonchev–Trinajstić information content (AvgIpc) is 3.42. The topological polar surface area (TPSA) is 82.1 Å². The number of hydrogen-bond donors (Lipinski definition) is 0. The number of thioether (sulfide) groups is 1. The van der Waals surface area contributed by atoms with Gasteiger partial charge in [0.25, 0.3) is 0 Å². The Morgan fingerprint density at radius 2 is 1.71 bits per heavy atom. The van der Waals surface area contributed by atoms with Gasteiger partial charge in [0.15, 0.2) is 23.0 Å². The maximum Gasteiger partial charge on any atom is 0.415 e. The van der Waals surface area contributed by atoms with Gasteiger partial charge in [0.1, 0.15) is 5.75 Å². The molecule has 3 aromatic rings. The van der Waals surface area contributed by atoms with E-state index in [1.165, 1.54) is 26.0 Å². The zero-order chi connectivity index (χ0) is 30.3. The first-order valence-corrected chi connectivity index (χ1v) is 15.2. The van der Waals surface area contributed by atoms with Crippen LogP contribution in [0.2, 0.25) is 0 Å². The SMILES string of the molecule is CCOC(=O)C(C)(C)Oc1ccc(CCC2CN(C(=O)Oc3ccccc3)CC2C(=O)c2ccc(SC)cc2)cc1F. The van der Waals surface area contributed by atoms with E-state index in [4.69, 9.17) is 14.2 Å². The highest BCUT2D eigenvalue weighted by Crippen LogP contribution is 2.33. The summed E-state index contributed by atoms with van der Waals surface area (Å²) in [5, 5.41) is 0. The average molecular weight is 594 g/mol. The number of carbonyl (C=O) groups excluding carboxylic acids is 3. The van der Waals surface area contributed by atoms with Crippen molar-refractivity contribution >= 4 is 29.6 Å². The highest BCUT2D eigenvalue weighted by molar-refractivity contribution is 7.98. The Morgan fingerprint density at radius 1 is 1.00 bits per heavy atom. The van der Waals surface area contributed by atoms with Crippen molar-refractivity contribution in [1.29, 1.82) is 0 Å². The summed E-state index contributed by atoms with van der Waals surface area (Å²) >= 11 is 1.60. The molecule has 0 aliphatic carbocycles. The number of hydrogen-bond acceptors (Lipinski definition) is 7. The second-order valence-corrected chi connectivity index (χ2v) is 11.6. The molecule has 0 spiro atoms. The highest BCUT2D eigenvalue weighted by atomic mass is 32.2. The monoisotopic (exact) mass is 593 g/mol. The van der Waals surface area contributed by atoms with Crippen molar-refractivity contribution in [3.05, 3.63) is 89.7 Å². The van der Waals surface area contributed by atoms with Crippen LogP contribution in [0, 0.1) is 17.7 Å². The van der Waals surface area contributed by atoms with E-state index >= 15 is 0 Å². The smallest absolute Gasteiger partial charge is 0.415 e. The molecule has 2 atom stereocenters. The number of likely N-dealkylation sites (tertiary alicyclic amines) is 1. The summed E-state index contributed by atoms with van der Waals surface area (Å²) in [6.45, 7) is 5.53. The molecule has 7 nitrogen and oxygen atoms in total. The molecule has 4 rings (SSSR count). The first-order chi connectivity index (χ1) is 20.1. The lowest BCUT2D eigenvalue weighted by Gasteiger charge is -2.24. The molecule has 2 unspecified atom stereocenters. The molecule has 222 valence electrons. The number of aryl methyl sites for hydroxylation is 1. The molecule has 0 radical (unpaired) electrons. The van der Waals surface area contributed by atoms with Crippen molar-refractivity contribution in [2.75, 3.05) is 26.0 Å². The van der Waals surface area contributed by atoms with Crippen LogP contribution in [0.5, 0.6) is 11.5 Å². The molecule has 0 aromatic heterocycles. The summed E-state index contributed by atoms with van der Waals surface area (Å²) < 4.78 is 31.2. The Hall–Kier alpha value is -3.85. The fourth-order valence-electron chi connectivity index (χ4n) is 4.99. The zero-order valence-electron chi connectivity index (χ0n) is 24.3. The molecular formula is C33H36FNO6S. The molecule has 42 heavy (non-hydrogen) atoms. The van der Waals surface area contributed by atoms with Crippen molar-refractivity contribution in [1.82, 2.24) is 4.90 Å². The number of ether oxygens (including phenoxy) is 3. The van der Waals surface area contributed by atoms with Crippen molar-refractivity contribution in [2.45, 2.75) is 44.1 Å². The summed E-state index contributed by atoms with van der Waals surface area (Å²) in [6, 6.07) is 20.9. The number of esters is 1. The normalized spacial score (nSPS) is 16.6. The lowest BCUT2D eigenvalue weighted by molar-refractivity contribution is -0.158. The van der Waals surface area contributed by atoms with E-state index in [-0.39, 0.29) is 30.6 Å². The first kappa shape index (κ1) is 31.1. The first-order valence-electron chi connectivity index (χ1n) is 14.0. The Balaban J connectivity index is 1.47. The summed E-state index contributed by atoms with van der Waals surface area (Å²) in [7, 11) is 0. The van der Waals surface area contributed by atoms with Gasteiger partial charge in [-0.25, -0.2) is 14.0 Å². The summed E-state index contributed by atoms with van der Waals surface area (Å²) in [5.41, 5.74) is -0.0331. The highest BCUT2D eigenvalue weighted by Gasteiger charge is 2.40. The second-order valence-electron chi connectivity index (χ2n) is 10.7. The van der Waals surface area contributed by atoms with Crippen LogP contribution >= 0.6 is 11.8 Å². The van der Waals surface area contributed by atoms with Crippen molar-refractivity contribution in [3.8, 4) is 11.5 Å². The summed E-state index contributed by atoms with van der Waals surface area (Å²) in [6.07, 6.45) is 2.52. The van der Waals surface area contributed by atoms with Crippen LogP contribution in [0.25, 0.3) is 0 Å². The second kappa shape index (κ2) is 13.9. The number of halogens is 1. The molecule has 3 aromatic carbocycles. The van der Waals surface area contributed by atoms with Gasteiger partial charge in [-0.15, -0.1) is 11.8 Å². The number of para-hydroxylation sites is 1. The number of carbonyl (C=O) groups is 3. The van der Waals surface area contributed by atoms with Gasteiger partial charge in [-0.05, 0) is 87.7 Å². The fourth-order valence-corrected chi connectivity index (χ4v) is 5.40. The third kappa shape index (κ3) is 7.70. The van der Waals surface area contributed by atoms with Gasteiger partial charge in [0.2, 0.25) is 0 Å². The van der Waals surface area contributed by atoms with E-state index in [0.29, 0.717) is 30.7 Å². The van der Waals surface area contributed by atoms with Gasteiger partial charge in [-0.1, -0.05) is 36.4 Å². The number of benzene rings is 3. The quantitative estimate of drug-likeness (QED) is 0.137. The molecule has 1 aliphatic heterocycles. The van der Waals surface area contributed by atoms with E-state index in [9.17, 15) is 18.8 Å². The van der Waals surface area contributed by atoms with Gasteiger partial charge in [0.05, 0.1) is 6.61 Å². The number of Topliss-reactive ketones (excluding diaryl/α,β-unsaturated/α-hetero) is 1. The number of nitrogens with zero attached hydrogens (tertiary/aromatic N) is 1. The van der Waals surface area contributed by atoms with Crippen LogP contribution in [-0.2, 0) is 16.0 Å². The van der Waals surface area contributed by atoms with Crippen molar-refractivity contribution in [2.24, 2.45) is 11.8 Å². The number of ketones is 1. The molecule has 0 bridgehead atoms. The van der Waals surface area contributed by atoms with Crippen LogP contribution < -0.4 is 9.47 Å². The third-order valence-corrected chi connectivity index (χ3v) is 8.03. The van der Waals surface area contributed by atoms with Crippen molar-refractivity contribution in [3.63, 3.8) is 0 Å². The fraction of sp³-hybridized carbons (Fsp3) is 0.364. The summed E-state index contributed by atoms with van der Waals surface area (Å²) in [4.78, 5) is 41.4. The number of amides is 1. The Bertz CT molecular complexity index is 1400.